The predicted octanol–water partition coefficient (Wildman–Crippen LogP) is 4.99. The molecular formula is C20H16BrNO3. The Morgan fingerprint density at radius 3 is 2.56 bits per heavy atom. The van der Waals surface area contributed by atoms with Gasteiger partial charge in [0.1, 0.15) is 18.1 Å². The zero-order valence-corrected chi connectivity index (χ0v) is 14.9. The molecule has 2 N–H and O–H groups in total. The number of benzene rings is 3. The van der Waals surface area contributed by atoms with Gasteiger partial charge in [0.2, 0.25) is 0 Å². The molecule has 0 aliphatic heterocycles. The highest BCUT2D eigenvalue weighted by Crippen LogP contribution is 2.25. The quantitative estimate of drug-likeness (QED) is 0.596. The average Bonchev–Trinajstić information content (AvgIpc) is 2.62. The highest BCUT2D eigenvalue weighted by molar-refractivity contribution is 9.10. The summed E-state index contributed by atoms with van der Waals surface area (Å²) in [6.07, 6.45) is 0. The number of hydrogen-bond donors (Lipinski definition) is 2. The molecule has 0 bridgehead atoms. The lowest BCUT2D eigenvalue weighted by molar-refractivity contribution is 0.102. The molecule has 0 heterocycles. The standard InChI is InChI=1S/C20H16BrNO3/c21-15-7-5-6-14(12-15)13-25-19-11-4-1-8-16(19)20(24)22-17-9-2-3-10-18(17)23/h1-12,23H,13H2,(H,22,24). The number of rotatable bonds is 5. The van der Waals surface area contributed by atoms with E-state index in [-0.39, 0.29) is 11.7 Å². The van der Waals surface area contributed by atoms with Crippen LogP contribution in [0.1, 0.15) is 15.9 Å². The molecule has 0 aromatic heterocycles. The summed E-state index contributed by atoms with van der Waals surface area (Å²) in [5.41, 5.74) is 1.75. The SMILES string of the molecule is O=C(Nc1ccccc1O)c1ccccc1OCc1cccc(Br)c1. The highest BCUT2D eigenvalue weighted by atomic mass is 79.9. The van der Waals surface area contributed by atoms with Gasteiger partial charge in [-0.15, -0.1) is 0 Å². The topological polar surface area (TPSA) is 58.6 Å². The van der Waals surface area contributed by atoms with Crippen molar-refractivity contribution in [1.82, 2.24) is 0 Å². The first-order chi connectivity index (χ1) is 12.1. The molecule has 5 heteroatoms. The van der Waals surface area contributed by atoms with Gasteiger partial charge < -0.3 is 15.2 Å². The first-order valence-electron chi connectivity index (χ1n) is 7.69. The van der Waals surface area contributed by atoms with Crippen molar-refractivity contribution in [3.8, 4) is 11.5 Å². The summed E-state index contributed by atoms with van der Waals surface area (Å²) in [5.74, 6) is 0.158. The van der Waals surface area contributed by atoms with Gasteiger partial charge in [0.25, 0.3) is 5.91 Å². The maximum atomic E-state index is 12.5. The van der Waals surface area contributed by atoms with E-state index >= 15 is 0 Å². The van der Waals surface area contributed by atoms with E-state index in [1.165, 1.54) is 6.07 Å². The minimum absolute atomic E-state index is 0.0170. The van der Waals surface area contributed by atoms with Crippen molar-refractivity contribution in [3.05, 3.63) is 88.4 Å². The Morgan fingerprint density at radius 2 is 1.76 bits per heavy atom. The van der Waals surface area contributed by atoms with Gasteiger partial charge >= 0.3 is 0 Å². The molecule has 1 amide bonds. The second-order valence-corrected chi connectivity index (χ2v) is 6.30. The third-order valence-electron chi connectivity index (χ3n) is 3.57. The van der Waals surface area contributed by atoms with Gasteiger partial charge in [-0.25, -0.2) is 0 Å². The summed E-state index contributed by atoms with van der Waals surface area (Å²) in [6.45, 7) is 0.348. The number of aromatic hydroxyl groups is 1. The van der Waals surface area contributed by atoms with E-state index in [9.17, 15) is 9.90 Å². The molecular weight excluding hydrogens is 382 g/mol. The highest BCUT2D eigenvalue weighted by Gasteiger charge is 2.14. The number of carbonyl (C=O) groups excluding carboxylic acids is 1. The Morgan fingerprint density at radius 1 is 1.00 bits per heavy atom. The zero-order valence-electron chi connectivity index (χ0n) is 13.3. The molecule has 0 spiro atoms. The number of carbonyl (C=O) groups is 1. The zero-order chi connectivity index (χ0) is 17.6. The molecule has 0 aliphatic rings. The molecule has 25 heavy (non-hydrogen) atoms. The fraction of sp³-hybridized carbons (Fsp3) is 0.0500. The van der Waals surface area contributed by atoms with Crippen LogP contribution in [0, 0.1) is 0 Å². The van der Waals surface area contributed by atoms with Crippen LogP contribution in [0.15, 0.2) is 77.3 Å². The van der Waals surface area contributed by atoms with Crippen molar-refractivity contribution in [2.24, 2.45) is 0 Å². The fourth-order valence-corrected chi connectivity index (χ4v) is 2.78. The van der Waals surface area contributed by atoms with Gasteiger partial charge in [0.05, 0.1) is 11.3 Å². The van der Waals surface area contributed by atoms with E-state index in [1.54, 1.807) is 36.4 Å². The molecule has 0 fully saturated rings. The maximum Gasteiger partial charge on any atom is 0.259 e. The molecule has 4 nitrogen and oxygen atoms in total. The number of para-hydroxylation sites is 3. The van der Waals surface area contributed by atoms with Crippen molar-refractivity contribution < 1.29 is 14.6 Å². The molecule has 0 atom stereocenters. The first kappa shape index (κ1) is 17.0. The minimum Gasteiger partial charge on any atom is -0.506 e. The van der Waals surface area contributed by atoms with Crippen LogP contribution >= 0.6 is 15.9 Å². The Balaban J connectivity index is 1.76. The second-order valence-electron chi connectivity index (χ2n) is 5.39. The summed E-state index contributed by atoms with van der Waals surface area (Å²) in [5, 5.41) is 12.5. The lowest BCUT2D eigenvalue weighted by atomic mass is 10.1. The molecule has 0 radical (unpaired) electrons. The van der Waals surface area contributed by atoms with E-state index < -0.39 is 0 Å². The minimum atomic E-state index is -0.341. The predicted molar refractivity (Wildman–Crippen MR) is 101 cm³/mol. The molecule has 3 aromatic carbocycles. The Hall–Kier alpha value is -2.79. The van der Waals surface area contributed by atoms with Gasteiger partial charge in [0.15, 0.2) is 0 Å². The molecule has 3 aromatic rings. The van der Waals surface area contributed by atoms with E-state index in [0.717, 1.165) is 10.0 Å². The van der Waals surface area contributed by atoms with Crippen LogP contribution in [0.5, 0.6) is 11.5 Å². The number of hydrogen-bond acceptors (Lipinski definition) is 3. The third kappa shape index (κ3) is 4.39. The smallest absolute Gasteiger partial charge is 0.259 e. The van der Waals surface area contributed by atoms with Crippen LogP contribution in [0.2, 0.25) is 0 Å². The summed E-state index contributed by atoms with van der Waals surface area (Å²) < 4.78 is 6.79. The van der Waals surface area contributed by atoms with Crippen molar-refractivity contribution >= 4 is 27.5 Å². The number of nitrogens with one attached hydrogen (secondary N) is 1. The number of anilines is 1. The third-order valence-corrected chi connectivity index (χ3v) is 4.06. The second kappa shape index (κ2) is 7.85. The lowest BCUT2D eigenvalue weighted by Crippen LogP contribution is -2.13. The van der Waals surface area contributed by atoms with Crippen molar-refractivity contribution in [3.63, 3.8) is 0 Å². The van der Waals surface area contributed by atoms with Crippen LogP contribution in [0.4, 0.5) is 5.69 Å². The first-order valence-corrected chi connectivity index (χ1v) is 8.48. The molecule has 126 valence electrons. The maximum absolute atomic E-state index is 12.5. The number of phenolic OH excluding ortho intramolecular Hbond substituents is 1. The van der Waals surface area contributed by atoms with Gasteiger partial charge in [-0.05, 0) is 42.0 Å². The van der Waals surface area contributed by atoms with Crippen LogP contribution in [0.25, 0.3) is 0 Å². The fourth-order valence-electron chi connectivity index (χ4n) is 2.34. The molecule has 0 aliphatic carbocycles. The number of amides is 1. The Labute approximate surface area is 154 Å². The van der Waals surface area contributed by atoms with Gasteiger partial charge in [-0.3, -0.25) is 4.79 Å². The molecule has 0 unspecified atom stereocenters. The number of halogens is 1. The number of phenols is 1. The lowest BCUT2D eigenvalue weighted by Gasteiger charge is -2.12. The van der Waals surface area contributed by atoms with E-state index in [2.05, 4.69) is 21.2 Å². The monoisotopic (exact) mass is 397 g/mol. The summed E-state index contributed by atoms with van der Waals surface area (Å²) in [7, 11) is 0. The average molecular weight is 398 g/mol. The van der Waals surface area contributed by atoms with Crippen molar-refractivity contribution in [1.29, 1.82) is 0 Å². The summed E-state index contributed by atoms with van der Waals surface area (Å²) in [4.78, 5) is 12.5. The van der Waals surface area contributed by atoms with E-state index in [0.29, 0.717) is 23.6 Å². The van der Waals surface area contributed by atoms with Gasteiger partial charge in [0, 0.05) is 4.47 Å². The Bertz CT molecular complexity index is 895. The van der Waals surface area contributed by atoms with Crippen LogP contribution in [-0.2, 0) is 6.61 Å². The van der Waals surface area contributed by atoms with Gasteiger partial charge in [-0.1, -0.05) is 52.3 Å². The Kier molecular flexibility index (Phi) is 5.36. The van der Waals surface area contributed by atoms with Crippen LogP contribution < -0.4 is 10.1 Å². The van der Waals surface area contributed by atoms with E-state index in [4.69, 9.17) is 4.74 Å². The van der Waals surface area contributed by atoms with Crippen molar-refractivity contribution in [2.75, 3.05) is 5.32 Å². The molecule has 0 saturated heterocycles. The largest absolute Gasteiger partial charge is 0.506 e. The number of ether oxygens (including phenoxy) is 1. The van der Waals surface area contributed by atoms with Crippen molar-refractivity contribution in [2.45, 2.75) is 6.61 Å². The molecule has 0 saturated carbocycles. The van der Waals surface area contributed by atoms with Gasteiger partial charge in [-0.2, -0.15) is 0 Å². The van der Waals surface area contributed by atoms with Crippen LogP contribution in [0.3, 0.4) is 0 Å². The summed E-state index contributed by atoms with van der Waals surface area (Å²) >= 11 is 3.43. The van der Waals surface area contributed by atoms with E-state index in [1.807, 2.05) is 30.3 Å². The summed E-state index contributed by atoms with van der Waals surface area (Å²) in [6, 6.07) is 21.4. The normalized spacial score (nSPS) is 10.3. The van der Waals surface area contributed by atoms with Crippen LogP contribution in [-0.4, -0.2) is 11.0 Å². The molecule has 3 rings (SSSR count).